The van der Waals surface area contributed by atoms with Crippen molar-refractivity contribution in [2.45, 2.75) is 32.0 Å². The second kappa shape index (κ2) is 7.82. The highest BCUT2D eigenvalue weighted by atomic mass is 19.4. The Morgan fingerprint density at radius 1 is 1.17 bits per heavy atom. The Morgan fingerprint density at radius 2 is 2.00 bits per heavy atom. The first-order valence-electron chi connectivity index (χ1n) is 9.45. The van der Waals surface area contributed by atoms with E-state index in [0.717, 1.165) is 43.1 Å². The van der Waals surface area contributed by atoms with Crippen LogP contribution in [0.3, 0.4) is 0 Å². The van der Waals surface area contributed by atoms with Crippen LogP contribution in [0.25, 0.3) is 10.9 Å². The third kappa shape index (κ3) is 4.40. The van der Waals surface area contributed by atoms with Gasteiger partial charge in [0.05, 0.1) is 5.52 Å². The van der Waals surface area contributed by atoms with Gasteiger partial charge >= 0.3 is 6.18 Å². The minimum atomic E-state index is -4.58. The number of halogens is 3. The number of benzene rings is 1. The van der Waals surface area contributed by atoms with Gasteiger partial charge in [-0.2, -0.15) is 18.2 Å². The van der Waals surface area contributed by atoms with Crippen LogP contribution in [0, 0.1) is 6.92 Å². The van der Waals surface area contributed by atoms with Crippen molar-refractivity contribution in [1.29, 1.82) is 0 Å². The van der Waals surface area contributed by atoms with E-state index in [1.807, 2.05) is 31.2 Å². The summed E-state index contributed by atoms with van der Waals surface area (Å²) in [4.78, 5) is 12.4. The van der Waals surface area contributed by atoms with E-state index in [2.05, 4.69) is 30.9 Å². The third-order valence-electron chi connectivity index (χ3n) is 4.89. The van der Waals surface area contributed by atoms with Crippen molar-refractivity contribution in [1.82, 2.24) is 20.3 Å². The molecular formula is C20H21F3N6. The highest BCUT2D eigenvalue weighted by Gasteiger charge is 2.35. The van der Waals surface area contributed by atoms with E-state index in [9.17, 15) is 13.2 Å². The van der Waals surface area contributed by atoms with Crippen molar-refractivity contribution in [3.05, 3.63) is 47.7 Å². The number of aryl methyl sites for hydroxylation is 1. The molecule has 3 N–H and O–H groups in total. The molecule has 29 heavy (non-hydrogen) atoms. The van der Waals surface area contributed by atoms with Crippen LogP contribution >= 0.6 is 0 Å². The maximum absolute atomic E-state index is 13.5. The van der Waals surface area contributed by atoms with Crippen LogP contribution < -0.4 is 16.0 Å². The van der Waals surface area contributed by atoms with Gasteiger partial charge in [-0.1, -0.05) is 18.2 Å². The Hall–Kier alpha value is -2.94. The van der Waals surface area contributed by atoms with Crippen LogP contribution in [0.15, 0.2) is 36.5 Å². The summed E-state index contributed by atoms with van der Waals surface area (Å²) in [7, 11) is 0. The lowest BCUT2D eigenvalue weighted by atomic mass is 10.1. The molecule has 1 aliphatic heterocycles. The Bertz CT molecular complexity index is 1010. The maximum Gasteiger partial charge on any atom is 0.421 e. The van der Waals surface area contributed by atoms with Gasteiger partial charge in [0.15, 0.2) is 0 Å². The number of pyridine rings is 1. The van der Waals surface area contributed by atoms with Gasteiger partial charge in [0.1, 0.15) is 17.2 Å². The van der Waals surface area contributed by atoms with Gasteiger partial charge in [-0.05, 0) is 44.0 Å². The molecule has 2 aromatic heterocycles. The van der Waals surface area contributed by atoms with Crippen LogP contribution in [-0.4, -0.2) is 34.1 Å². The lowest BCUT2D eigenvalue weighted by Gasteiger charge is -2.24. The number of piperidine rings is 1. The summed E-state index contributed by atoms with van der Waals surface area (Å²) in [6, 6.07) is 9.27. The second-order valence-corrected chi connectivity index (χ2v) is 7.11. The molecule has 6 nitrogen and oxygen atoms in total. The molecule has 1 aliphatic rings. The van der Waals surface area contributed by atoms with Gasteiger partial charge in [0.25, 0.3) is 0 Å². The van der Waals surface area contributed by atoms with Crippen LogP contribution in [0.5, 0.6) is 0 Å². The Balaban J connectivity index is 1.67. The quantitative estimate of drug-likeness (QED) is 0.606. The Morgan fingerprint density at radius 3 is 2.76 bits per heavy atom. The van der Waals surface area contributed by atoms with Gasteiger partial charge in [0, 0.05) is 24.2 Å². The summed E-state index contributed by atoms with van der Waals surface area (Å²) in [5.41, 5.74) is 0.675. The molecule has 152 valence electrons. The van der Waals surface area contributed by atoms with E-state index < -0.39 is 11.7 Å². The van der Waals surface area contributed by atoms with Gasteiger partial charge in [-0.15, -0.1) is 0 Å². The standard InChI is InChI=1S/C20H21F3N6/c1-12-9-17(27-16-7-3-2-6-14(12)16)28-18-15(20(21,22)23)11-25-19(29-18)26-13-5-4-8-24-10-13/h2-3,6-7,9,11,13,24H,4-5,8,10H2,1H3,(H2,25,26,27,28,29)/t13-/m0/s1. The smallest absolute Gasteiger partial charge is 0.350 e. The van der Waals surface area contributed by atoms with E-state index in [-0.39, 0.29) is 17.8 Å². The number of hydrogen-bond acceptors (Lipinski definition) is 6. The SMILES string of the molecule is Cc1cc(Nc2nc(N[C@H]3CCCNC3)ncc2C(F)(F)F)nc2ccccc12. The van der Waals surface area contributed by atoms with E-state index in [1.54, 1.807) is 6.07 Å². The van der Waals surface area contributed by atoms with Gasteiger partial charge in [-0.3, -0.25) is 0 Å². The monoisotopic (exact) mass is 402 g/mol. The van der Waals surface area contributed by atoms with Crippen molar-refractivity contribution < 1.29 is 13.2 Å². The van der Waals surface area contributed by atoms with Gasteiger partial charge < -0.3 is 16.0 Å². The molecule has 3 aromatic rings. The lowest BCUT2D eigenvalue weighted by Crippen LogP contribution is -2.38. The third-order valence-corrected chi connectivity index (χ3v) is 4.89. The molecule has 0 amide bonds. The van der Waals surface area contributed by atoms with Gasteiger partial charge in [0.2, 0.25) is 5.95 Å². The summed E-state index contributed by atoms with van der Waals surface area (Å²) in [5, 5.41) is 10.1. The lowest BCUT2D eigenvalue weighted by molar-refractivity contribution is -0.137. The molecule has 1 fully saturated rings. The van der Waals surface area contributed by atoms with Crippen molar-refractivity contribution in [2.75, 3.05) is 23.7 Å². The Labute approximate surface area is 166 Å². The molecule has 0 radical (unpaired) electrons. The number of aromatic nitrogens is 3. The molecule has 3 heterocycles. The fraction of sp³-hybridized carbons (Fsp3) is 0.350. The number of rotatable bonds is 4. The van der Waals surface area contributed by atoms with Crippen LogP contribution in [0.2, 0.25) is 0 Å². The number of fused-ring (bicyclic) bond motifs is 1. The minimum absolute atomic E-state index is 0.0781. The molecule has 0 unspecified atom stereocenters. The molecule has 0 aliphatic carbocycles. The zero-order valence-electron chi connectivity index (χ0n) is 15.8. The molecular weight excluding hydrogens is 381 g/mol. The average molecular weight is 402 g/mol. The predicted octanol–water partition coefficient (Wildman–Crippen LogP) is 4.26. The highest BCUT2D eigenvalue weighted by molar-refractivity contribution is 5.84. The zero-order chi connectivity index (χ0) is 20.4. The number of nitrogens with one attached hydrogen (secondary N) is 3. The average Bonchev–Trinajstić information content (AvgIpc) is 2.68. The predicted molar refractivity (Wildman–Crippen MR) is 106 cm³/mol. The Kier molecular flexibility index (Phi) is 5.23. The fourth-order valence-electron chi connectivity index (χ4n) is 3.45. The largest absolute Gasteiger partial charge is 0.421 e. The number of para-hydroxylation sites is 1. The summed E-state index contributed by atoms with van der Waals surface area (Å²) < 4.78 is 40.5. The first kappa shape index (κ1) is 19.4. The van der Waals surface area contributed by atoms with E-state index in [1.165, 1.54) is 0 Å². The van der Waals surface area contributed by atoms with Crippen LogP contribution in [-0.2, 0) is 6.18 Å². The summed E-state index contributed by atoms with van der Waals surface area (Å²) in [6.45, 7) is 3.55. The molecule has 9 heteroatoms. The van der Waals surface area contributed by atoms with Gasteiger partial charge in [-0.25, -0.2) is 9.97 Å². The first-order chi connectivity index (χ1) is 13.9. The van der Waals surface area contributed by atoms with E-state index in [0.29, 0.717) is 11.3 Å². The number of anilines is 3. The molecule has 0 spiro atoms. The maximum atomic E-state index is 13.5. The highest BCUT2D eigenvalue weighted by Crippen LogP contribution is 2.35. The summed E-state index contributed by atoms with van der Waals surface area (Å²) >= 11 is 0. The van der Waals surface area contributed by atoms with Crippen molar-refractivity contribution in [3.63, 3.8) is 0 Å². The van der Waals surface area contributed by atoms with E-state index >= 15 is 0 Å². The van der Waals surface area contributed by atoms with Crippen LogP contribution in [0.4, 0.5) is 30.8 Å². The normalized spacial score (nSPS) is 17.3. The molecule has 1 atom stereocenters. The molecule has 1 aromatic carbocycles. The van der Waals surface area contributed by atoms with Crippen molar-refractivity contribution in [2.24, 2.45) is 0 Å². The van der Waals surface area contributed by atoms with Crippen molar-refractivity contribution in [3.8, 4) is 0 Å². The first-order valence-corrected chi connectivity index (χ1v) is 9.45. The summed E-state index contributed by atoms with van der Waals surface area (Å²) in [6.07, 6.45) is -1.88. The van der Waals surface area contributed by atoms with Crippen molar-refractivity contribution >= 4 is 28.5 Å². The number of alkyl halides is 3. The van der Waals surface area contributed by atoms with Crippen LogP contribution in [0.1, 0.15) is 24.0 Å². The molecule has 0 saturated carbocycles. The second-order valence-electron chi connectivity index (χ2n) is 7.11. The molecule has 0 bridgehead atoms. The molecule has 1 saturated heterocycles. The number of nitrogens with zero attached hydrogens (tertiary/aromatic N) is 3. The fourth-order valence-corrected chi connectivity index (χ4v) is 3.45. The minimum Gasteiger partial charge on any atom is -0.350 e. The zero-order valence-corrected chi connectivity index (χ0v) is 15.8. The topological polar surface area (TPSA) is 74.8 Å². The summed E-state index contributed by atoms with van der Waals surface area (Å²) in [5.74, 6) is 0.142. The number of hydrogen-bond donors (Lipinski definition) is 3. The molecule has 4 rings (SSSR count). The van der Waals surface area contributed by atoms with E-state index in [4.69, 9.17) is 0 Å².